The summed E-state index contributed by atoms with van der Waals surface area (Å²) in [6.07, 6.45) is 25.7. The van der Waals surface area contributed by atoms with Gasteiger partial charge in [-0.05, 0) is 140 Å². The molecule has 8 aromatic rings. The van der Waals surface area contributed by atoms with E-state index in [1.165, 1.54) is 129 Å². The number of rotatable bonds is 26. The van der Waals surface area contributed by atoms with Gasteiger partial charge in [-0.25, -0.2) is 58.1 Å². The lowest BCUT2D eigenvalue weighted by Gasteiger charge is -2.20. The molecule has 0 unspecified atom stereocenters. The van der Waals surface area contributed by atoms with Crippen molar-refractivity contribution in [2.45, 2.75) is 216 Å². The molecule has 0 saturated heterocycles. The number of carbonyl (C=O) groups excluding carboxylic acids is 2. The minimum absolute atomic E-state index is 0.0450. The molecule has 8 rings (SSSR count). The second-order valence-electron chi connectivity index (χ2n) is 26.6. The second kappa shape index (κ2) is 59.0. The maximum absolute atomic E-state index is 13.3. The highest BCUT2D eigenvalue weighted by atomic mass is 35.5. The van der Waals surface area contributed by atoms with Crippen LogP contribution in [0.15, 0.2) is 113 Å². The first-order chi connectivity index (χ1) is 55.1. The molecule has 0 aliphatic carbocycles. The van der Waals surface area contributed by atoms with E-state index in [0.29, 0.717) is 30.0 Å². The van der Waals surface area contributed by atoms with E-state index in [2.05, 4.69) is 140 Å². The molecule has 658 valence electrons. The minimum atomic E-state index is -4.40. The van der Waals surface area contributed by atoms with E-state index in [1.807, 2.05) is 52.0 Å². The number of hydrogen-bond acceptors (Lipinski definition) is 14. The number of unbranched alkanes of at least 4 members (excludes halogenated alkanes) is 6. The number of imidazole rings is 3. The highest BCUT2D eigenvalue weighted by molar-refractivity contribution is 8.00. The summed E-state index contributed by atoms with van der Waals surface area (Å²) in [6.45, 7) is 34.3. The fourth-order valence-corrected chi connectivity index (χ4v) is 12.8. The molecule has 2 amide bonds. The predicted molar refractivity (Wildman–Crippen MR) is 445 cm³/mol. The topological polar surface area (TPSA) is 298 Å². The molecule has 23 nitrogen and oxygen atoms in total. The van der Waals surface area contributed by atoms with Gasteiger partial charge in [0.2, 0.25) is 0 Å². The van der Waals surface area contributed by atoms with Crippen molar-refractivity contribution in [3.63, 3.8) is 0 Å². The number of amides is 2. The van der Waals surface area contributed by atoms with Crippen LogP contribution in [0.2, 0.25) is 5.02 Å². The molecule has 0 saturated carbocycles. The first-order valence-corrected chi connectivity index (χ1v) is 43.6. The number of aliphatic carboxylic acids is 2. The molecule has 0 radical (unpaired) electrons. The van der Waals surface area contributed by atoms with Crippen molar-refractivity contribution in [1.29, 1.82) is 0 Å². The standard InChI is InChI=1S/C13H19NO4S.C13H17NO3.C10H11F3S.2C10H19N2.C9H6F4O2S.C9H17N2.C8H9Cl.2O3S/c1-4-5-9-14(3)13(15)12-10(2)7-6-8-11(12)19(16,17)18;1-3-8-14(9-12(15)16)13(17)11-7-5-4-6-10(11)2;1-4-14-10-6(3)7(11)5(2)8(12)9(10)13;2*1-4-5-6-7-12-9-8-11(3)10(12)2;1-3-5(10)7(12)9(8(13)6(3)11)16-2-4(14)15;1-4-5-6-11-8-7-10(3)9(11)2;1-6-4-3-5-8(9)7(6)2;2*1-4(2)3/h6-8H,4-5,9H2,1-3H3,(H,16,17,18);4-7H,3,8-9H2,1-2H3,(H,15,16);4H2,1-3H3;2*8-9H,4-7H2,1-3H3;2H2,1H3,(H,14,15);7-8H,4-6H2,1-3H3;3-5H,1-2H3;;/q;;;2*+1;;+1;;;. The third-order valence-electron chi connectivity index (χ3n) is 17.7. The lowest BCUT2D eigenvalue weighted by molar-refractivity contribution is -0.677. The van der Waals surface area contributed by atoms with Crippen LogP contribution < -0.4 is 13.7 Å². The number of nitrogens with zero attached hydrogens (tertiary/aromatic N) is 8. The number of carboxylic acid groups (broad SMARTS) is 2. The first-order valence-electron chi connectivity index (χ1n) is 37.8. The molecule has 3 heterocycles. The zero-order valence-electron chi connectivity index (χ0n) is 71.1. The summed E-state index contributed by atoms with van der Waals surface area (Å²) >= 11 is 7.11. The number of thioether (sulfide) groups is 2. The van der Waals surface area contributed by atoms with Crippen LogP contribution in [0.1, 0.15) is 189 Å². The monoisotopic (exact) mass is 1780 g/mol. The van der Waals surface area contributed by atoms with Crippen LogP contribution in [0.25, 0.3) is 0 Å². The summed E-state index contributed by atoms with van der Waals surface area (Å²) in [6, 6.07) is 17.5. The molecule has 5 aromatic carbocycles. The van der Waals surface area contributed by atoms with Crippen LogP contribution in [-0.4, -0.2) is 134 Å². The van der Waals surface area contributed by atoms with Gasteiger partial charge < -0.3 is 20.0 Å². The average molecular weight is 1780 g/mol. The van der Waals surface area contributed by atoms with Gasteiger partial charge >= 0.3 is 33.2 Å². The highest BCUT2D eigenvalue weighted by Crippen LogP contribution is 2.33. The zero-order chi connectivity index (χ0) is 91.0. The highest BCUT2D eigenvalue weighted by Gasteiger charge is 2.27. The van der Waals surface area contributed by atoms with E-state index in [0.717, 1.165) is 55.1 Å². The smallest absolute Gasteiger partial charge is 0.425 e. The van der Waals surface area contributed by atoms with E-state index in [9.17, 15) is 62.9 Å². The Kier molecular flexibility index (Phi) is 55.7. The van der Waals surface area contributed by atoms with Crippen molar-refractivity contribution in [3.05, 3.63) is 211 Å². The molecule has 0 bridgehead atoms. The van der Waals surface area contributed by atoms with Crippen molar-refractivity contribution < 1.29 is 112 Å². The summed E-state index contributed by atoms with van der Waals surface area (Å²) in [5.74, 6) is -7.84. The molecule has 3 N–H and O–H groups in total. The predicted octanol–water partition coefficient (Wildman–Crippen LogP) is 16.6. The van der Waals surface area contributed by atoms with Crippen LogP contribution in [0.4, 0.5) is 30.7 Å². The first kappa shape index (κ1) is 111. The molecule has 0 aliphatic heterocycles. The third kappa shape index (κ3) is 40.8. The van der Waals surface area contributed by atoms with Gasteiger partial charge in [0.25, 0.3) is 39.4 Å². The van der Waals surface area contributed by atoms with E-state index < -0.39 is 100 Å². The lowest BCUT2D eigenvalue weighted by atomic mass is 10.1. The molecule has 0 spiro atoms. The summed E-state index contributed by atoms with van der Waals surface area (Å²) in [4.78, 5) is 47.0. The molecule has 0 fully saturated rings. The summed E-state index contributed by atoms with van der Waals surface area (Å²) in [7, 11) is -2.74. The third-order valence-corrected chi connectivity index (χ3v) is 21.1. The van der Waals surface area contributed by atoms with Crippen molar-refractivity contribution in [1.82, 2.24) is 23.5 Å². The van der Waals surface area contributed by atoms with Crippen LogP contribution in [-0.2, 0) is 81.7 Å². The van der Waals surface area contributed by atoms with Gasteiger partial charge in [-0.15, -0.1) is 48.8 Å². The SMILES string of the molecule is CCCCCn1cc[n+](C)c1C.CCCCCn1cc[n+](C)c1C.CCCCN(C)C(=O)c1c(C)cccc1S(=O)(=O)O.CCCCn1cc[n+](C)c1C.CCCN(CC(=O)O)C(=O)c1ccccc1C.CCSc1c(C)c(F)c(C)c(F)c1F.Cc1c(F)c(F)c(SCC(=O)O)c(F)c1F.Cc1cccc(Cl)c1C.O=S(=O)=O.O=S(=O)=O. The quantitative estimate of drug-likeness (QED) is 0.0113. The Morgan fingerprint density at radius 1 is 0.466 bits per heavy atom. The maximum atomic E-state index is 13.3. The van der Waals surface area contributed by atoms with Crippen LogP contribution >= 0.6 is 35.1 Å². The summed E-state index contributed by atoms with van der Waals surface area (Å²) < 4.78 is 188. The van der Waals surface area contributed by atoms with Crippen molar-refractivity contribution in [2.24, 2.45) is 21.1 Å². The van der Waals surface area contributed by atoms with Crippen LogP contribution in [0.5, 0.6) is 0 Å². The second-order valence-corrected chi connectivity index (χ2v) is 31.5. The average Bonchev–Trinajstić information content (AvgIpc) is 0.962. The number of aromatic nitrogens is 6. The minimum Gasteiger partial charge on any atom is -0.481 e. The number of halogens is 8. The lowest BCUT2D eigenvalue weighted by Crippen LogP contribution is -2.36. The van der Waals surface area contributed by atoms with Crippen LogP contribution in [0.3, 0.4) is 0 Å². The fourth-order valence-electron chi connectivity index (χ4n) is 10.3. The maximum Gasteiger partial charge on any atom is 0.425 e. The van der Waals surface area contributed by atoms with E-state index >= 15 is 0 Å². The van der Waals surface area contributed by atoms with E-state index in [4.69, 9.17) is 47.1 Å². The van der Waals surface area contributed by atoms with Gasteiger partial charge in [-0.1, -0.05) is 121 Å². The van der Waals surface area contributed by atoms with Gasteiger partial charge in [0.15, 0.2) is 34.9 Å². The van der Waals surface area contributed by atoms with Crippen LogP contribution in [0, 0.1) is 110 Å². The van der Waals surface area contributed by atoms with Gasteiger partial charge in [0.1, 0.15) is 54.4 Å². The fraction of sp³-hybridized carbons (Fsp3) is 0.476. The van der Waals surface area contributed by atoms with Gasteiger partial charge in [-0.2, -0.15) is 8.42 Å². The van der Waals surface area contributed by atoms with Crippen molar-refractivity contribution in [3.8, 4) is 0 Å². The Morgan fingerprint density at radius 2 is 0.864 bits per heavy atom. The van der Waals surface area contributed by atoms with E-state index in [-0.39, 0.29) is 56.6 Å². The molecular formula is C82H117ClF7N8O15S5+3. The number of benzene rings is 5. The Bertz CT molecular complexity index is 4690. The molecule has 0 atom stereocenters. The molecule has 0 aliphatic rings. The number of aryl methyl sites for hydroxylation is 9. The van der Waals surface area contributed by atoms with E-state index in [1.54, 1.807) is 39.1 Å². The normalized spacial score (nSPS) is 10.2. The molecule has 3 aromatic heterocycles. The largest absolute Gasteiger partial charge is 0.481 e. The zero-order valence-corrected chi connectivity index (χ0v) is 75.9. The summed E-state index contributed by atoms with van der Waals surface area (Å²) in [5.41, 5.74) is 3.61. The summed E-state index contributed by atoms with van der Waals surface area (Å²) in [5, 5.41) is 17.9. The Balaban J connectivity index is 0. The van der Waals surface area contributed by atoms with Gasteiger partial charge in [0.05, 0.1) is 61.9 Å². The Labute approximate surface area is 707 Å². The van der Waals surface area contributed by atoms with Crippen molar-refractivity contribution >= 4 is 90.2 Å². The molecule has 118 heavy (non-hydrogen) atoms. The molecular weight excluding hydrogens is 1670 g/mol. The van der Waals surface area contributed by atoms with Gasteiger partial charge in [0, 0.05) is 68.2 Å². The van der Waals surface area contributed by atoms with Gasteiger partial charge in [-0.3, -0.25) is 23.7 Å². The Morgan fingerprint density at radius 3 is 1.23 bits per heavy atom. The number of hydrogen-bond donors (Lipinski definition) is 3. The molecule has 36 heteroatoms. The number of carboxylic acids is 2. The Hall–Kier alpha value is -8.74. The number of carbonyl (C=O) groups is 4. The van der Waals surface area contributed by atoms with Crippen molar-refractivity contribution in [2.75, 3.05) is 38.2 Å².